The molecule has 0 aliphatic rings. The van der Waals surface area contributed by atoms with Gasteiger partial charge in [-0.2, -0.15) is 0 Å². The van der Waals surface area contributed by atoms with Gasteiger partial charge in [-0.1, -0.05) is 18.2 Å². The third-order valence-electron chi connectivity index (χ3n) is 2.13. The Morgan fingerprint density at radius 3 is 2.75 bits per heavy atom. The number of aromatic nitrogens is 1. The summed E-state index contributed by atoms with van der Waals surface area (Å²) >= 11 is 0. The number of pyridine rings is 1. The molecule has 2 nitrogen and oxygen atoms in total. The van der Waals surface area contributed by atoms with Gasteiger partial charge in [-0.25, -0.2) is 0 Å². The second-order valence-corrected chi connectivity index (χ2v) is 3.86. The van der Waals surface area contributed by atoms with Crippen molar-refractivity contribution in [1.29, 1.82) is 0 Å². The van der Waals surface area contributed by atoms with Gasteiger partial charge in [0, 0.05) is 11.8 Å². The first kappa shape index (κ1) is 10.7. The van der Waals surface area contributed by atoms with Gasteiger partial charge in [0.2, 0.25) is 0 Å². The summed E-state index contributed by atoms with van der Waals surface area (Å²) in [4.78, 5) is 3.99. The maximum absolute atomic E-state index is 5.64. The Kier molecular flexibility index (Phi) is 3.20. The summed E-state index contributed by atoms with van der Waals surface area (Å²) in [7, 11) is 0. The van der Waals surface area contributed by atoms with Crippen LogP contribution in [0.5, 0.6) is 5.75 Å². The summed E-state index contributed by atoms with van der Waals surface area (Å²) in [6.07, 6.45) is 4.87. The van der Waals surface area contributed by atoms with Gasteiger partial charge in [-0.3, -0.25) is 4.98 Å². The van der Waals surface area contributed by atoms with Gasteiger partial charge in [0.15, 0.2) is 0 Å². The zero-order valence-corrected chi connectivity index (χ0v) is 9.47. The molecule has 0 aliphatic carbocycles. The molecule has 2 aromatic rings. The summed E-state index contributed by atoms with van der Waals surface area (Å²) in [5.74, 6) is 0.879. The van der Waals surface area contributed by atoms with Crippen LogP contribution in [0.15, 0.2) is 42.6 Å². The van der Waals surface area contributed by atoms with Crippen molar-refractivity contribution in [3.05, 3.63) is 48.8 Å². The lowest BCUT2D eigenvalue weighted by Crippen LogP contribution is -2.05. The van der Waals surface area contributed by atoms with Crippen molar-refractivity contribution in [2.24, 2.45) is 0 Å². The molecule has 0 spiro atoms. The zero-order chi connectivity index (χ0) is 11.4. The van der Waals surface area contributed by atoms with Crippen LogP contribution in [0, 0.1) is 6.20 Å². The van der Waals surface area contributed by atoms with Gasteiger partial charge in [-0.15, -0.1) is 0 Å². The molecule has 0 N–H and O–H groups in total. The van der Waals surface area contributed by atoms with Crippen LogP contribution >= 0.6 is 0 Å². The molecule has 0 fully saturated rings. The molecule has 1 aromatic carbocycles. The summed E-state index contributed by atoms with van der Waals surface area (Å²) in [5, 5.41) is 0. The van der Waals surface area contributed by atoms with Crippen LogP contribution in [0.3, 0.4) is 0 Å². The average molecular weight is 212 g/mol. The third kappa shape index (κ3) is 2.60. The monoisotopic (exact) mass is 212 g/mol. The summed E-state index contributed by atoms with van der Waals surface area (Å²) in [5.41, 5.74) is 2.06. The fourth-order valence-electron chi connectivity index (χ4n) is 1.50. The van der Waals surface area contributed by atoms with E-state index < -0.39 is 0 Å². The molecule has 0 atom stereocenters. The van der Waals surface area contributed by atoms with Crippen molar-refractivity contribution in [3.8, 4) is 16.9 Å². The third-order valence-corrected chi connectivity index (χ3v) is 2.13. The molecule has 2 rings (SSSR count). The summed E-state index contributed by atoms with van der Waals surface area (Å²) in [6.45, 7) is 4.03. The largest absolute Gasteiger partial charge is 0.491 e. The van der Waals surface area contributed by atoms with Crippen molar-refractivity contribution >= 4 is 0 Å². The molecule has 0 aliphatic heterocycles. The summed E-state index contributed by atoms with van der Waals surface area (Å²) in [6, 6.07) is 11.9. The number of hydrogen-bond donors (Lipinski definition) is 0. The second-order valence-electron chi connectivity index (χ2n) is 3.86. The second kappa shape index (κ2) is 4.79. The molecular weight excluding hydrogens is 198 g/mol. The molecule has 1 heterocycles. The minimum Gasteiger partial charge on any atom is -0.491 e. The van der Waals surface area contributed by atoms with Crippen LogP contribution < -0.4 is 4.74 Å². The topological polar surface area (TPSA) is 22.1 Å². The number of ether oxygens (including phenoxy) is 1. The normalized spacial score (nSPS) is 10.4. The Bertz CT molecular complexity index is 451. The van der Waals surface area contributed by atoms with Crippen molar-refractivity contribution in [2.45, 2.75) is 20.0 Å². The van der Waals surface area contributed by atoms with Gasteiger partial charge in [0.1, 0.15) is 5.75 Å². The van der Waals surface area contributed by atoms with Gasteiger partial charge in [0.05, 0.1) is 12.3 Å². The fourth-order valence-corrected chi connectivity index (χ4v) is 1.50. The minimum absolute atomic E-state index is 0.188. The van der Waals surface area contributed by atoms with Crippen LogP contribution in [0.2, 0.25) is 0 Å². The standard InChI is InChI=1S/C14H14NO/c1-11(2)16-14-7-3-5-12(9-14)13-6-4-8-15-10-13/h3-9,11H,1-2H3. The molecule has 16 heavy (non-hydrogen) atoms. The van der Waals surface area contributed by atoms with Gasteiger partial charge >= 0.3 is 0 Å². The molecular formula is C14H14NO. The number of benzene rings is 1. The first-order chi connectivity index (χ1) is 7.75. The van der Waals surface area contributed by atoms with E-state index in [0.717, 1.165) is 16.9 Å². The van der Waals surface area contributed by atoms with E-state index >= 15 is 0 Å². The van der Waals surface area contributed by atoms with E-state index in [1.54, 1.807) is 6.20 Å². The maximum Gasteiger partial charge on any atom is 0.120 e. The lowest BCUT2D eigenvalue weighted by atomic mass is 10.1. The first-order valence-corrected chi connectivity index (χ1v) is 5.35. The van der Waals surface area contributed by atoms with Crippen molar-refractivity contribution in [2.75, 3.05) is 0 Å². The van der Waals surface area contributed by atoms with E-state index in [9.17, 15) is 0 Å². The highest BCUT2D eigenvalue weighted by Gasteiger charge is 2.01. The lowest BCUT2D eigenvalue weighted by molar-refractivity contribution is 0.242. The Morgan fingerprint density at radius 2 is 2.06 bits per heavy atom. The molecule has 1 radical (unpaired) electrons. The fraction of sp³-hybridized carbons (Fsp3) is 0.214. The first-order valence-electron chi connectivity index (χ1n) is 5.35. The zero-order valence-electron chi connectivity index (χ0n) is 9.47. The molecule has 1 aromatic heterocycles. The van der Waals surface area contributed by atoms with Crippen LogP contribution in [0.1, 0.15) is 13.8 Å². The Hall–Kier alpha value is -1.83. The van der Waals surface area contributed by atoms with Crippen LogP contribution in [-0.4, -0.2) is 11.1 Å². The molecule has 0 unspecified atom stereocenters. The number of nitrogens with zero attached hydrogens (tertiary/aromatic N) is 1. The average Bonchev–Trinajstić information content (AvgIpc) is 2.30. The van der Waals surface area contributed by atoms with Crippen LogP contribution in [-0.2, 0) is 0 Å². The number of rotatable bonds is 3. The smallest absolute Gasteiger partial charge is 0.120 e. The minimum atomic E-state index is 0.188. The van der Waals surface area contributed by atoms with E-state index in [2.05, 4.69) is 11.2 Å². The SMILES string of the molecule is CC(C)Oc1cccc(-c2[c]nccc2)c1. The van der Waals surface area contributed by atoms with Crippen molar-refractivity contribution in [3.63, 3.8) is 0 Å². The Labute approximate surface area is 95.9 Å². The molecule has 0 saturated carbocycles. The van der Waals surface area contributed by atoms with Crippen LogP contribution in [0.25, 0.3) is 11.1 Å². The molecule has 81 valence electrons. The van der Waals surface area contributed by atoms with E-state index in [1.807, 2.05) is 50.2 Å². The van der Waals surface area contributed by atoms with Gasteiger partial charge in [-0.05, 0) is 37.6 Å². The van der Waals surface area contributed by atoms with E-state index in [1.165, 1.54) is 0 Å². The van der Waals surface area contributed by atoms with Crippen molar-refractivity contribution < 1.29 is 4.74 Å². The molecule has 0 amide bonds. The highest BCUT2D eigenvalue weighted by atomic mass is 16.5. The van der Waals surface area contributed by atoms with Crippen molar-refractivity contribution in [1.82, 2.24) is 4.98 Å². The maximum atomic E-state index is 5.64. The van der Waals surface area contributed by atoms with Gasteiger partial charge in [0.25, 0.3) is 0 Å². The Balaban J connectivity index is 2.29. The predicted molar refractivity (Wildman–Crippen MR) is 64.3 cm³/mol. The molecule has 0 saturated heterocycles. The van der Waals surface area contributed by atoms with E-state index in [-0.39, 0.29) is 6.10 Å². The highest BCUT2D eigenvalue weighted by molar-refractivity contribution is 5.63. The summed E-state index contributed by atoms with van der Waals surface area (Å²) < 4.78 is 5.64. The van der Waals surface area contributed by atoms with E-state index in [0.29, 0.717) is 0 Å². The Morgan fingerprint density at radius 1 is 1.19 bits per heavy atom. The van der Waals surface area contributed by atoms with E-state index in [4.69, 9.17) is 4.74 Å². The quantitative estimate of drug-likeness (QED) is 0.778. The lowest BCUT2D eigenvalue weighted by Gasteiger charge is -2.10. The molecule has 2 heteroatoms. The number of hydrogen-bond acceptors (Lipinski definition) is 2. The predicted octanol–water partition coefficient (Wildman–Crippen LogP) is 3.34. The highest BCUT2D eigenvalue weighted by Crippen LogP contribution is 2.23. The van der Waals surface area contributed by atoms with Gasteiger partial charge < -0.3 is 4.74 Å². The molecule has 0 bridgehead atoms. The van der Waals surface area contributed by atoms with Crippen LogP contribution in [0.4, 0.5) is 0 Å².